The number of carbonyl (C=O) groups is 1. The van der Waals surface area contributed by atoms with Crippen LogP contribution in [0, 0.1) is 0 Å². The lowest BCUT2D eigenvalue weighted by Gasteiger charge is -2.08. The van der Waals surface area contributed by atoms with E-state index < -0.39 is 5.91 Å². The van der Waals surface area contributed by atoms with E-state index >= 15 is 0 Å². The van der Waals surface area contributed by atoms with Crippen molar-refractivity contribution in [3.63, 3.8) is 0 Å². The van der Waals surface area contributed by atoms with Crippen LogP contribution in [-0.2, 0) is 0 Å². The third kappa shape index (κ3) is 4.72. The summed E-state index contributed by atoms with van der Waals surface area (Å²) in [5.41, 5.74) is 8.53. The van der Waals surface area contributed by atoms with E-state index in [0.717, 1.165) is 0 Å². The van der Waals surface area contributed by atoms with E-state index in [1.54, 1.807) is 18.2 Å². The van der Waals surface area contributed by atoms with E-state index in [9.17, 15) is 4.79 Å². The molecule has 142 valence electrons. The van der Waals surface area contributed by atoms with Crippen molar-refractivity contribution in [2.45, 2.75) is 0 Å². The van der Waals surface area contributed by atoms with Crippen LogP contribution in [0.5, 0.6) is 11.5 Å². The molecule has 0 bridgehead atoms. The maximum absolute atomic E-state index is 12.2. The van der Waals surface area contributed by atoms with Gasteiger partial charge < -0.3 is 10.5 Å². The second-order valence-corrected chi connectivity index (χ2v) is 6.59. The number of hydrazone groups is 1. The van der Waals surface area contributed by atoms with Crippen LogP contribution in [0.15, 0.2) is 59.7 Å². The second kappa shape index (κ2) is 8.93. The molecule has 9 heteroatoms. The van der Waals surface area contributed by atoms with Crippen LogP contribution in [0.2, 0.25) is 15.2 Å². The molecular formula is C19H13Cl3N4O2. The van der Waals surface area contributed by atoms with Gasteiger partial charge in [0.25, 0.3) is 5.91 Å². The van der Waals surface area contributed by atoms with Gasteiger partial charge in [-0.2, -0.15) is 5.10 Å². The Balaban J connectivity index is 1.70. The number of nitrogens with two attached hydrogens (primary N) is 1. The van der Waals surface area contributed by atoms with E-state index in [-0.39, 0.29) is 26.6 Å². The Labute approximate surface area is 175 Å². The van der Waals surface area contributed by atoms with Crippen LogP contribution in [-0.4, -0.2) is 17.1 Å². The van der Waals surface area contributed by atoms with Gasteiger partial charge in [0.1, 0.15) is 16.5 Å². The standard InChI is InChI=1S/C19H13Cl3N4O2/c20-14-16(23)15(21)18(22)25-17(14)19(27)26-24-10-11-5-4-8-13(9-11)28-12-6-2-1-3-7-12/h1-10H,(H2,23,25)(H,26,27)/b24-10+. The molecule has 0 spiro atoms. The first kappa shape index (κ1) is 19.9. The summed E-state index contributed by atoms with van der Waals surface area (Å²) in [4.78, 5) is 16.1. The number of hydrogen-bond acceptors (Lipinski definition) is 5. The highest BCUT2D eigenvalue weighted by Gasteiger charge is 2.19. The molecule has 0 fully saturated rings. The van der Waals surface area contributed by atoms with E-state index in [2.05, 4.69) is 15.5 Å². The fraction of sp³-hybridized carbons (Fsp3) is 0. The molecule has 3 aromatic rings. The summed E-state index contributed by atoms with van der Waals surface area (Å²) < 4.78 is 5.75. The van der Waals surface area contributed by atoms with Crippen LogP contribution in [0.1, 0.15) is 16.1 Å². The fourth-order valence-electron chi connectivity index (χ4n) is 2.18. The Morgan fingerprint density at radius 2 is 1.75 bits per heavy atom. The van der Waals surface area contributed by atoms with Crippen molar-refractivity contribution in [1.82, 2.24) is 10.4 Å². The normalized spacial score (nSPS) is 10.8. The van der Waals surface area contributed by atoms with Gasteiger partial charge in [-0.3, -0.25) is 4.79 Å². The number of ether oxygens (including phenoxy) is 1. The molecule has 1 amide bonds. The number of pyridine rings is 1. The number of benzene rings is 2. The molecule has 0 radical (unpaired) electrons. The van der Waals surface area contributed by atoms with Crippen molar-refractivity contribution in [3.05, 3.63) is 81.1 Å². The summed E-state index contributed by atoms with van der Waals surface area (Å²) in [6.45, 7) is 0. The number of rotatable bonds is 5. The van der Waals surface area contributed by atoms with Crippen molar-refractivity contribution >= 4 is 52.6 Å². The summed E-state index contributed by atoms with van der Waals surface area (Å²) in [6, 6.07) is 16.5. The SMILES string of the molecule is Nc1c(Cl)c(Cl)nc(C(=O)N/N=C/c2cccc(Oc3ccccc3)c2)c1Cl. The maximum atomic E-state index is 12.2. The minimum Gasteiger partial charge on any atom is -0.457 e. The van der Waals surface area contributed by atoms with Crippen molar-refractivity contribution in [2.24, 2.45) is 5.10 Å². The predicted octanol–water partition coefficient (Wildman–Crippen LogP) is 5.18. The molecule has 0 unspecified atom stereocenters. The van der Waals surface area contributed by atoms with Gasteiger partial charge in [0, 0.05) is 0 Å². The third-order valence-corrected chi connectivity index (χ3v) is 4.64. The number of nitrogens with one attached hydrogen (secondary N) is 1. The van der Waals surface area contributed by atoms with Crippen LogP contribution in [0.25, 0.3) is 0 Å². The molecule has 6 nitrogen and oxygen atoms in total. The largest absolute Gasteiger partial charge is 0.457 e. The number of carbonyl (C=O) groups excluding carboxylic acids is 1. The first-order valence-electron chi connectivity index (χ1n) is 7.92. The molecule has 0 saturated heterocycles. The van der Waals surface area contributed by atoms with Gasteiger partial charge in [-0.05, 0) is 29.8 Å². The number of nitrogen functional groups attached to an aromatic ring is 1. The maximum Gasteiger partial charge on any atom is 0.291 e. The smallest absolute Gasteiger partial charge is 0.291 e. The van der Waals surface area contributed by atoms with Gasteiger partial charge in [0.05, 0.1) is 16.9 Å². The molecule has 1 heterocycles. The van der Waals surface area contributed by atoms with Gasteiger partial charge >= 0.3 is 0 Å². The number of halogens is 3. The fourth-order valence-corrected chi connectivity index (χ4v) is 2.78. The lowest BCUT2D eigenvalue weighted by molar-refractivity contribution is 0.0950. The Kier molecular flexibility index (Phi) is 6.36. The average Bonchev–Trinajstić information content (AvgIpc) is 2.70. The van der Waals surface area contributed by atoms with Crippen LogP contribution < -0.4 is 15.9 Å². The zero-order chi connectivity index (χ0) is 20.1. The number of amides is 1. The van der Waals surface area contributed by atoms with Crippen molar-refractivity contribution in [3.8, 4) is 11.5 Å². The van der Waals surface area contributed by atoms with Crippen molar-refractivity contribution in [1.29, 1.82) is 0 Å². The van der Waals surface area contributed by atoms with Gasteiger partial charge in [-0.1, -0.05) is 65.1 Å². The third-order valence-electron chi connectivity index (χ3n) is 3.50. The highest BCUT2D eigenvalue weighted by Crippen LogP contribution is 2.34. The molecule has 0 aliphatic heterocycles. The Morgan fingerprint density at radius 1 is 1.04 bits per heavy atom. The summed E-state index contributed by atoms with van der Waals surface area (Å²) in [7, 11) is 0. The van der Waals surface area contributed by atoms with Crippen LogP contribution in [0.3, 0.4) is 0 Å². The minimum absolute atomic E-state index is 0.0121. The lowest BCUT2D eigenvalue weighted by atomic mass is 10.2. The van der Waals surface area contributed by atoms with Crippen molar-refractivity contribution in [2.75, 3.05) is 5.73 Å². The van der Waals surface area contributed by atoms with Gasteiger partial charge in [-0.25, -0.2) is 10.4 Å². The first-order chi connectivity index (χ1) is 13.5. The van der Waals surface area contributed by atoms with E-state index in [0.29, 0.717) is 17.1 Å². The summed E-state index contributed by atoms with van der Waals surface area (Å²) in [5.74, 6) is 0.662. The minimum atomic E-state index is -0.678. The Morgan fingerprint density at radius 3 is 2.50 bits per heavy atom. The molecule has 0 aliphatic carbocycles. The number of aromatic nitrogens is 1. The highest BCUT2D eigenvalue weighted by atomic mass is 35.5. The number of anilines is 1. The zero-order valence-electron chi connectivity index (χ0n) is 14.2. The molecule has 3 rings (SSSR count). The zero-order valence-corrected chi connectivity index (χ0v) is 16.5. The number of para-hydroxylation sites is 1. The Bertz CT molecular complexity index is 1040. The van der Waals surface area contributed by atoms with Gasteiger partial charge in [0.2, 0.25) is 0 Å². The second-order valence-electron chi connectivity index (χ2n) is 5.48. The van der Waals surface area contributed by atoms with Gasteiger partial charge in [-0.15, -0.1) is 0 Å². The molecule has 0 saturated carbocycles. The Hall–Kier alpha value is -2.80. The summed E-state index contributed by atoms with van der Waals surface area (Å²) >= 11 is 17.7. The molecule has 3 N–H and O–H groups in total. The number of nitrogens with zero attached hydrogens (tertiary/aromatic N) is 2. The van der Waals surface area contributed by atoms with Gasteiger partial charge in [0.15, 0.2) is 10.8 Å². The summed E-state index contributed by atoms with van der Waals surface area (Å²) in [5, 5.41) is 3.66. The molecule has 1 aromatic heterocycles. The lowest BCUT2D eigenvalue weighted by Crippen LogP contribution is -2.20. The molecule has 28 heavy (non-hydrogen) atoms. The number of hydrogen-bond donors (Lipinski definition) is 2. The van der Waals surface area contributed by atoms with Crippen LogP contribution in [0.4, 0.5) is 5.69 Å². The topological polar surface area (TPSA) is 89.6 Å². The van der Waals surface area contributed by atoms with E-state index in [1.165, 1.54) is 6.21 Å². The summed E-state index contributed by atoms with van der Waals surface area (Å²) in [6.07, 6.45) is 1.45. The monoisotopic (exact) mass is 434 g/mol. The highest BCUT2D eigenvalue weighted by molar-refractivity contribution is 6.46. The van der Waals surface area contributed by atoms with E-state index in [1.807, 2.05) is 36.4 Å². The van der Waals surface area contributed by atoms with Crippen LogP contribution >= 0.6 is 34.8 Å². The molecule has 0 aliphatic rings. The van der Waals surface area contributed by atoms with Crippen molar-refractivity contribution < 1.29 is 9.53 Å². The quantitative estimate of drug-likeness (QED) is 0.328. The predicted molar refractivity (Wildman–Crippen MR) is 112 cm³/mol. The van der Waals surface area contributed by atoms with E-state index in [4.69, 9.17) is 45.3 Å². The first-order valence-corrected chi connectivity index (χ1v) is 9.05. The molecular weight excluding hydrogens is 423 g/mol. The molecule has 2 aromatic carbocycles. The molecule has 0 atom stereocenters. The average molecular weight is 436 g/mol.